The van der Waals surface area contributed by atoms with Gasteiger partial charge in [0, 0.05) is 16.8 Å². The van der Waals surface area contributed by atoms with Gasteiger partial charge in [-0.05, 0) is 35.4 Å². The van der Waals surface area contributed by atoms with Crippen molar-refractivity contribution in [3.05, 3.63) is 119 Å². The van der Waals surface area contributed by atoms with Crippen LogP contribution in [-0.2, 0) is 26.3 Å². The Morgan fingerprint density at radius 2 is 1.67 bits per heavy atom. The van der Waals surface area contributed by atoms with Crippen LogP contribution in [0.15, 0.2) is 102 Å². The second-order valence-electron chi connectivity index (χ2n) is 8.87. The average Bonchev–Trinajstić information content (AvgIpc) is 3.13. The molecule has 4 aromatic rings. The molecule has 0 radical (unpaired) electrons. The maximum Gasteiger partial charge on any atom is 0.341 e. The Kier molecular flexibility index (Phi) is 5.04. The highest BCUT2D eigenvalue weighted by Crippen LogP contribution is 2.57. The third kappa shape index (κ3) is 2.97. The first-order valence-electron chi connectivity index (χ1n) is 11.9. The van der Waals surface area contributed by atoms with Crippen LogP contribution < -0.4 is 15.4 Å². The number of nitrogens with zero attached hydrogens (tertiary/aromatic N) is 1. The Bertz CT molecular complexity index is 1560. The van der Waals surface area contributed by atoms with Crippen LogP contribution in [0.25, 0.3) is 10.8 Å². The lowest BCUT2D eigenvalue weighted by Crippen LogP contribution is -2.48. The SMILES string of the molecule is CCOC(=O)C1=C(N)Oc2ccc3ccccc3c2C12C(=O)N(Cc1ccccc1)c1ccccc12. The highest BCUT2D eigenvalue weighted by Gasteiger charge is 2.61. The van der Waals surface area contributed by atoms with E-state index in [1.165, 1.54) is 0 Å². The van der Waals surface area contributed by atoms with Crippen LogP contribution in [0.2, 0.25) is 0 Å². The fourth-order valence-corrected chi connectivity index (χ4v) is 5.52. The van der Waals surface area contributed by atoms with Crippen molar-refractivity contribution < 1.29 is 19.1 Å². The molecule has 1 amide bonds. The van der Waals surface area contributed by atoms with Crippen LogP contribution in [0.3, 0.4) is 0 Å². The van der Waals surface area contributed by atoms with Crippen LogP contribution in [0, 0.1) is 0 Å². The number of carbonyl (C=O) groups excluding carboxylic acids is 2. The van der Waals surface area contributed by atoms with Gasteiger partial charge in [0.2, 0.25) is 11.8 Å². The van der Waals surface area contributed by atoms with Crippen molar-refractivity contribution >= 4 is 28.3 Å². The normalized spacial score (nSPS) is 18.2. The number of benzene rings is 4. The number of hydrogen-bond donors (Lipinski definition) is 1. The molecule has 2 heterocycles. The number of ether oxygens (including phenoxy) is 2. The molecule has 6 rings (SSSR count). The maximum absolute atomic E-state index is 14.8. The molecule has 1 unspecified atom stereocenters. The maximum atomic E-state index is 14.8. The molecule has 4 aromatic carbocycles. The van der Waals surface area contributed by atoms with Gasteiger partial charge in [-0.3, -0.25) is 4.79 Å². The molecule has 6 nitrogen and oxygen atoms in total. The standard InChI is InChI=1S/C30H24N2O4/c1-2-35-28(33)26-27(31)36-24-17-16-20-12-6-7-13-21(20)25(24)30(26)22-14-8-9-15-23(22)32(29(30)34)18-19-10-4-3-5-11-19/h3-17H,2,18,31H2,1H3. The molecule has 2 aliphatic rings. The zero-order chi connectivity index (χ0) is 24.9. The zero-order valence-corrected chi connectivity index (χ0v) is 19.7. The summed E-state index contributed by atoms with van der Waals surface area (Å²) in [6.07, 6.45) is 0. The third-order valence-corrected chi connectivity index (χ3v) is 6.93. The van der Waals surface area contributed by atoms with Crippen LogP contribution in [-0.4, -0.2) is 18.5 Å². The molecule has 1 atom stereocenters. The van der Waals surface area contributed by atoms with Crippen molar-refractivity contribution in [2.24, 2.45) is 5.73 Å². The summed E-state index contributed by atoms with van der Waals surface area (Å²) in [6, 6.07) is 28.8. The van der Waals surface area contributed by atoms with Gasteiger partial charge in [-0.1, -0.05) is 78.9 Å². The van der Waals surface area contributed by atoms with Crippen molar-refractivity contribution in [2.75, 3.05) is 11.5 Å². The topological polar surface area (TPSA) is 81.9 Å². The fraction of sp³-hybridized carbons (Fsp3) is 0.133. The quantitative estimate of drug-likeness (QED) is 0.428. The van der Waals surface area contributed by atoms with E-state index in [4.69, 9.17) is 15.2 Å². The first-order chi connectivity index (χ1) is 17.6. The van der Waals surface area contributed by atoms with Crippen molar-refractivity contribution in [3.8, 4) is 5.75 Å². The van der Waals surface area contributed by atoms with E-state index in [2.05, 4.69) is 0 Å². The monoisotopic (exact) mass is 476 g/mol. The summed E-state index contributed by atoms with van der Waals surface area (Å²) in [5.74, 6) is -0.609. The average molecular weight is 477 g/mol. The number of carbonyl (C=O) groups is 2. The van der Waals surface area contributed by atoms with Gasteiger partial charge in [0.25, 0.3) is 0 Å². The van der Waals surface area contributed by atoms with E-state index in [-0.39, 0.29) is 24.0 Å². The van der Waals surface area contributed by atoms with Crippen LogP contribution in [0.4, 0.5) is 5.69 Å². The van der Waals surface area contributed by atoms with Crippen LogP contribution in [0.1, 0.15) is 23.6 Å². The molecule has 6 heteroatoms. The van der Waals surface area contributed by atoms with E-state index >= 15 is 0 Å². The zero-order valence-electron chi connectivity index (χ0n) is 19.7. The molecule has 2 aliphatic heterocycles. The van der Waals surface area contributed by atoms with Crippen molar-refractivity contribution in [1.82, 2.24) is 0 Å². The highest BCUT2D eigenvalue weighted by molar-refractivity contribution is 6.20. The smallest absolute Gasteiger partial charge is 0.341 e. The van der Waals surface area contributed by atoms with Gasteiger partial charge < -0.3 is 20.1 Å². The lowest BCUT2D eigenvalue weighted by molar-refractivity contribution is -0.140. The molecular formula is C30H24N2O4. The summed E-state index contributed by atoms with van der Waals surface area (Å²) in [5, 5.41) is 1.74. The van der Waals surface area contributed by atoms with Gasteiger partial charge in [0.05, 0.1) is 13.2 Å². The molecule has 0 aliphatic carbocycles. The number of esters is 1. The summed E-state index contributed by atoms with van der Waals surface area (Å²) < 4.78 is 11.5. The van der Waals surface area contributed by atoms with E-state index in [9.17, 15) is 9.59 Å². The minimum Gasteiger partial charge on any atom is -0.462 e. The first-order valence-corrected chi connectivity index (χ1v) is 11.9. The minimum absolute atomic E-state index is 0.0150. The summed E-state index contributed by atoms with van der Waals surface area (Å²) in [4.78, 5) is 30.0. The first kappa shape index (κ1) is 21.9. The van der Waals surface area contributed by atoms with Crippen molar-refractivity contribution in [3.63, 3.8) is 0 Å². The number of rotatable bonds is 4. The fourth-order valence-electron chi connectivity index (χ4n) is 5.52. The van der Waals surface area contributed by atoms with E-state index in [1.54, 1.807) is 11.8 Å². The molecule has 36 heavy (non-hydrogen) atoms. The Morgan fingerprint density at radius 1 is 0.944 bits per heavy atom. The Morgan fingerprint density at radius 3 is 2.47 bits per heavy atom. The Balaban J connectivity index is 1.70. The van der Waals surface area contributed by atoms with Crippen LogP contribution >= 0.6 is 0 Å². The van der Waals surface area contributed by atoms with Gasteiger partial charge in [-0.2, -0.15) is 0 Å². The number of fused-ring (bicyclic) bond motifs is 6. The van der Waals surface area contributed by atoms with Crippen LogP contribution in [0.5, 0.6) is 5.75 Å². The molecular weight excluding hydrogens is 452 g/mol. The van der Waals surface area contributed by atoms with E-state index in [0.29, 0.717) is 23.4 Å². The molecule has 0 bridgehead atoms. The lowest BCUT2D eigenvalue weighted by Gasteiger charge is -2.37. The van der Waals surface area contributed by atoms with Gasteiger partial charge in [0.1, 0.15) is 16.7 Å². The minimum atomic E-state index is -1.52. The molecule has 0 aromatic heterocycles. The molecule has 0 saturated carbocycles. The highest BCUT2D eigenvalue weighted by atomic mass is 16.5. The van der Waals surface area contributed by atoms with E-state index in [0.717, 1.165) is 22.0 Å². The summed E-state index contributed by atoms with van der Waals surface area (Å²) in [7, 11) is 0. The second kappa shape index (κ2) is 8.27. The van der Waals surface area contributed by atoms with E-state index in [1.807, 2.05) is 91.0 Å². The largest absolute Gasteiger partial charge is 0.462 e. The van der Waals surface area contributed by atoms with Gasteiger partial charge in [0.15, 0.2) is 0 Å². The Hall–Kier alpha value is -4.58. The molecule has 178 valence electrons. The van der Waals surface area contributed by atoms with Gasteiger partial charge >= 0.3 is 5.97 Å². The van der Waals surface area contributed by atoms with Crippen molar-refractivity contribution in [2.45, 2.75) is 18.9 Å². The molecule has 2 N–H and O–H groups in total. The second-order valence-corrected chi connectivity index (χ2v) is 8.87. The molecule has 1 spiro atoms. The van der Waals surface area contributed by atoms with Gasteiger partial charge in [-0.25, -0.2) is 4.79 Å². The molecule has 0 fully saturated rings. The predicted octanol–water partition coefficient (Wildman–Crippen LogP) is 4.80. The summed E-state index contributed by atoms with van der Waals surface area (Å²) in [6.45, 7) is 2.20. The summed E-state index contributed by atoms with van der Waals surface area (Å²) in [5.41, 5.74) is 7.90. The molecule has 0 saturated heterocycles. The summed E-state index contributed by atoms with van der Waals surface area (Å²) >= 11 is 0. The lowest BCUT2D eigenvalue weighted by atomic mass is 9.67. The van der Waals surface area contributed by atoms with E-state index < -0.39 is 11.4 Å². The Labute approximate surface area is 208 Å². The predicted molar refractivity (Wildman–Crippen MR) is 137 cm³/mol. The number of hydrogen-bond acceptors (Lipinski definition) is 5. The van der Waals surface area contributed by atoms with Crippen molar-refractivity contribution in [1.29, 1.82) is 0 Å². The number of amides is 1. The number of anilines is 1. The number of para-hydroxylation sites is 1. The number of nitrogens with two attached hydrogens (primary N) is 1. The third-order valence-electron chi connectivity index (χ3n) is 6.93. The van der Waals surface area contributed by atoms with Gasteiger partial charge in [-0.15, -0.1) is 0 Å².